The van der Waals surface area contributed by atoms with Crippen LogP contribution in [0.2, 0.25) is 0 Å². The SMILES string of the molecule is CNC(c1ccccc1C)c1ccc(C)nc1C. The Morgan fingerprint density at radius 3 is 2.28 bits per heavy atom. The van der Waals surface area contributed by atoms with E-state index in [-0.39, 0.29) is 6.04 Å². The van der Waals surface area contributed by atoms with Gasteiger partial charge in [0.1, 0.15) is 0 Å². The zero-order valence-corrected chi connectivity index (χ0v) is 11.5. The van der Waals surface area contributed by atoms with Gasteiger partial charge >= 0.3 is 0 Å². The van der Waals surface area contributed by atoms with E-state index in [9.17, 15) is 0 Å². The summed E-state index contributed by atoms with van der Waals surface area (Å²) in [7, 11) is 2.00. The summed E-state index contributed by atoms with van der Waals surface area (Å²) >= 11 is 0. The average Bonchev–Trinajstić information content (AvgIpc) is 2.34. The second-order valence-corrected chi connectivity index (χ2v) is 4.71. The summed E-state index contributed by atoms with van der Waals surface area (Å²) < 4.78 is 0. The maximum absolute atomic E-state index is 4.56. The molecule has 1 aromatic carbocycles. The fourth-order valence-corrected chi connectivity index (χ4v) is 2.39. The molecule has 0 amide bonds. The molecule has 1 atom stereocenters. The largest absolute Gasteiger partial charge is 0.309 e. The third-order valence-electron chi connectivity index (χ3n) is 3.37. The normalized spacial score (nSPS) is 12.4. The van der Waals surface area contributed by atoms with Crippen LogP contribution in [0.5, 0.6) is 0 Å². The van der Waals surface area contributed by atoms with Gasteiger partial charge in [-0.25, -0.2) is 0 Å². The van der Waals surface area contributed by atoms with Crippen molar-refractivity contribution >= 4 is 0 Å². The number of hydrogen-bond acceptors (Lipinski definition) is 2. The smallest absolute Gasteiger partial charge is 0.0594 e. The highest BCUT2D eigenvalue weighted by molar-refractivity contribution is 5.38. The Kier molecular flexibility index (Phi) is 3.78. The first-order valence-corrected chi connectivity index (χ1v) is 6.30. The molecule has 0 aliphatic heterocycles. The molecule has 2 aromatic rings. The lowest BCUT2D eigenvalue weighted by Crippen LogP contribution is -2.20. The molecule has 0 radical (unpaired) electrons. The first-order valence-electron chi connectivity index (χ1n) is 6.30. The summed E-state index contributed by atoms with van der Waals surface area (Å²) in [5.41, 5.74) is 6.02. The van der Waals surface area contributed by atoms with Crippen LogP contribution in [-0.2, 0) is 0 Å². The van der Waals surface area contributed by atoms with Crippen molar-refractivity contribution in [3.05, 3.63) is 64.5 Å². The molecule has 18 heavy (non-hydrogen) atoms. The Balaban J connectivity index is 2.49. The maximum atomic E-state index is 4.56. The Bertz CT molecular complexity index is 547. The van der Waals surface area contributed by atoms with Crippen LogP contribution in [0.4, 0.5) is 0 Å². The molecule has 1 aromatic heterocycles. The highest BCUT2D eigenvalue weighted by Gasteiger charge is 2.16. The van der Waals surface area contributed by atoms with Crippen molar-refractivity contribution in [3.63, 3.8) is 0 Å². The minimum atomic E-state index is 0.208. The van der Waals surface area contributed by atoms with E-state index in [2.05, 4.69) is 60.5 Å². The van der Waals surface area contributed by atoms with Gasteiger partial charge in [0, 0.05) is 11.4 Å². The number of rotatable bonds is 3. The van der Waals surface area contributed by atoms with Gasteiger partial charge in [-0.15, -0.1) is 0 Å². The van der Waals surface area contributed by atoms with E-state index in [4.69, 9.17) is 0 Å². The molecule has 2 rings (SSSR count). The predicted octanol–water partition coefficient (Wildman–Crippen LogP) is 3.32. The van der Waals surface area contributed by atoms with E-state index in [0.717, 1.165) is 11.4 Å². The summed E-state index contributed by atoms with van der Waals surface area (Å²) in [6, 6.07) is 12.9. The fourth-order valence-electron chi connectivity index (χ4n) is 2.39. The standard InChI is InChI=1S/C16H20N2/c1-11-7-5-6-8-14(11)16(17-4)15-10-9-12(2)18-13(15)3/h5-10,16-17H,1-4H3. The minimum absolute atomic E-state index is 0.208. The number of nitrogens with one attached hydrogen (secondary N) is 1. The summed E-state index contributed by atoms with van der Waals surface area (Å²) in [6.45, 7) is 6.25. The number of nitrogens with zero attached hydrogens (tertiary/aromatic N) is 1. The Morgan fingerprint density at radius 1 is 0.944 bits per heavy atom. The molecule has 94 valence electrons. The van der Waals surface area contributed by atoms with Crippen molar-refractivity contribution in [1.29, 1.82) is 0 Å². The third-order valence-corrected chi connectivity index (χ3v) is 3.37. The number of aryl methyl sites for hydroxylation is 3. The first-order chi connectivity index (χ1) is 8.63. The van der Waals surface area contributed by atoms with E-state index in [0.29, 0.717) is 0 Å². The number of hydrogen-bond donors (Lipinski definition) is 1. The van der Waals surface area contributed by atoms with E-state index in [1.54, 1.807) is 0 Å². The molecule has 2 nitrogen and oxygen atoms in total. The molecule has 0 aliphatic rings. The molecular weight excluding hydrogens is 220 g/mol. The summed E-state index contributed by atoms with van der Waals surface area (Å²) in [6.07, 6.45) is 0. The number of benzene rings is 1. The van der Waals surface area contributed by atoms with E-state index in [1.165, 1.54) is 16.7 Å². The molecule has 1 N–H and O–H groups in total. The van der Waals surface area contributed by atoms with Crippen LogP contribution in [0.15, 0.2) is 36.4 Å². The Morgan fingerprint density at radius 2 is 1.67 bits per heavy atom. The highest BCUT2D eigenvalue weighted by atomic mass is 14.9. The van der Waals surface area contributed by atoms with Gasteiger partial charge in [-0.05, 0) is 50.6 Å². The zero-order valence-electron chi connectivity index (χ0n) is 11.5. The lowest BCUT2D eigenvalue weighted by Gasteiger charge is -2.21. The van der Waals surface area contributed by atoms with Gasteiger partial charge in [-0.1, -0.05) is 30.3 Å². The molecule has 0 fully saturated rings. The van der Waals surface area contributed by atoms with Crippen molar-refractivity contribution < 1.29 is 0 Å². The minimum Gasteiger partial charge on any atom is -0.309 e. The van der Waals surface area contributed by atoms with Crippen molar-refractivity contribution in [1.82, 2.24) is 10.3 Å². The first kappa shape index (κ1) is 12.8. The molecule has 0 aliphatic carbocycles. The lowest BCUT2D eigenvalue weighted by molar-refractivity contribution is 0.678. The third kappa shape index (κ3) is 2.44. The molecule has 0 spiro atoms. The fraction of sp³-hybridized carbons (Fsp3) is 0.312. The summed E-state index contributed by atoms with van der Waals surface area (Å²) in [4.78, 5) is 4.56. The molecule has 0 bridgehead atoms. The van der Waals surface area contributed by atoms with Gasteiger partial charge in [0.2, 0.25) is 0 Å². The van der Waals surface area contributed by atoms with Gasteiger partial charge in [0.15, 0.2) is 0 Å². The Hall–Kier alpha value is -1.67. The van der Waals surface area contributed by atoms with E-state index in [1.807, 2.05) is 14.0 Å². The lowest BCUT2D eigenvalue weighted by atomic mass is 9.94. The van der Waals surface area contributed by atoms with Crippen LogP contribution in [-0.4, -0.2) is 12.0 Å². The molecule has 1 unspecified atom stereocenters. The van der Waals surface area contributed by atoms with Crippen LogP contribution in [0.3, 0.4) is 0 Å². The van der Waals surface area contributed by atoms with Crippen molar-refractivity contribution in [3.8, 4) is 0 Å². The average molecular weight is 240 g/mol. The van der Waals surface area contributed by atoms with Gasteiger partial charge in [-0.3, -0.25) is 4.98 Å². The van der Waals surface area contributed by atoms with Crippen LogP contribution >= 0.6 is 0 Å². The molecule has 0 saturated carbocycles. The Labute approximate surface area is 109 Å². The zero-order chi connectivity index (χ0) is 13.1. The predicted molar refractivity (Wildman–Crippen MR) is 75.8 cm³/mol. The summed E-state index contributed by atoms with van der Waals surface area (Å²) in [5, 5.41) is 3.40. The van der Waals surface area contributed by atoms with Crippen molar-refractivity contribution in [2.24, 2.45) is 0 Å². The van der Waals surface area contributed by atoms with Crippen LogP contribution in [0.1, 0.15) is 34.1 Å². The van der Waals surface area contributed by atoms with Crippen LogP contribution in [0, 0.1) is 20.8 Å². The quantitative estimate of drug-likeness (QED) is 0.890. The maximum Gasteiger partial charge on any atom is 0.0594 e. The van der Waals surface area contributed by atoms with Crippen LogP contribution < -0.4 is 5.32 Å². The van der Waals surface area contributed by atoms with E-state index >= 15 is 0 Å². The van der Waals surface area contributed by atoms with E-state index < -0.39 is 0 Å². The summed E-state index contributed by atoms with van der Waals surface area (Å²) in [5.74, 6) is 0. The molecule has 2 heteroatoms. The molecular formula is C16H20N2. The second-order valence-electron chi connectivity index (χ2n) is 4.71. The van der Waals surface area contributed by atoms with Gasteiger partial charge < -0.3 is 5.32 Å². The number of pyridine rings is 1. The highest BCUT2D eigenvalue weighted by Crippen LogP contribution is 2.26. The number of aromatic nitrogens is 1. The van der Waals surface area contributed by atoms with Gasteiger partial charge in [-0.2, -0.15) is 0 Å². The van der Waals surface area contributed by atoms with Gasteiger partial charge in [0.05, 0.1) is 6.04 Å². The van der Waals surface area contributed by atoms with Gasteiger partial charge in [0.25, 0.3) is 0 Å². The van der Waals surface area contributed by atoms with Crippen molar-refractivity contribution in [2.45, 2.75) is 26.8 Å². The van der Waals surface area contributed by atoms with Crippen LogP contribution in [0.25, 0.3) is 0 Å². The second kappa shape index (κ2) is 5.32. The molecule has 0 saturated heterocycles. The topological polar surface area (TPSA) is 24.9 Å². The molecule has 1 heterocycles. The van der Waals surface area contributed by atoms with Crippen molar-refractivity contribution in [2.75, 3.05) is 7.05 Å². The monoisotopic (exact) mass is 240 g/mol.